The molecule has 5 heteroatoms. The van der Waals surface area contributed by atoms with E-state index in [9.17, 15) is 9.59 Å². The van der Waals surface area contributed by atoms with E-state index in [2.05, 4.69) is 24.1 Å². The Morgan fingerprint density at radius 2 is 1.79 bits per heavy atom. The Hall–Kier alpha value is -2.69. The summed E-state index contributed by atoms with van der Waals surface area (Å²) < 4.78 is 5.02. The lowest BCUT2D eigenvalue weighted by molar-refractivity contribution is -0.125. The highest BCUT2D eigenvalue weighted by Gasteiger charge is 2.17. The molecule has 0 spiro atoms. The van der Waals surface area contributed by atoms with Crippen molar-refractivity contribution in [1.29, 1.82) is 0 Å². The highest BCUT2D eigenvalue weighted by molar-refractivity contribution is 5.89. The number of aromatic nitrogens is 1. The third kappa shape index (κ3) is 5.50. The zero-order valence-corrected chi connectivity index (χ0v) is 13.9. The maximum absolute atomic E-state index is 12.1. The number of amides is 1. The topological polar surface area (TPSA) is 68.3 Å². The molecule has 1 aromatic heterocycles. The van der Waals surface area contributed by atoms with E-state index in [1.165, 1.54) is 6.20 Å². The monoisotopic (exact) mass is 326 g/mol. The fraction of sp³-hybridized carbons (Fsp3) is 0.316. The van der Waals surface area contributed by atoms with Crippen LogP contribution in [-0.2, 0) is 9.53 Å². The first-order valence-electron chi connectivity index (χ1n) is 7.98. The van der Waals surface area contributed by atoms with Crippen LogP contribution < -0.4 is 5.32 Å². The van der Waals surface area contributed by atoms with Crippen LogP contribution in [0.15, 0.2) is 54.7 Å². The molecule has 0 aliphatic heterocycles. The number of hydrogen-bond acceptors (Lipinski definition) is 4. The van der Waals surface area contributed by atoms with Gasteiger partial charge < -0.3 is 10.1 Å². The number of rotatable bonds is 7. The molecular formula is C19H22N2O3. The number of hydrogen-bond donors (Lipinski definition) is 1. The zero-order valence-electron chi connectivity index (χ0n) is 13.9. The van der Waals surface area contributed by atoms with Crippen molar-refractivity contribution in [3.63, 3.8) is 0 Å². The SMILES string of the molecule is CC(C)C[C@H](NC(=O)COC(=O)c1ccccn1)c1ccccc1. The average Bonchev–Trinajstić information content (AvgIpc) is 2.60. The maximum atomic E-state index is 12.1. The summed E-state index contributed by atoms with van der Waals surface area (Å²) in [6.07, 6.45) is 2.31. The lowest BCUT2D eigenvalue weighted by Gasteiger charge is -2.21. The third-order valence-corrected chi connectivity index (χ3v) is 3.45. The molecule has 24 heavy (non-hydrogen) atoms. The van der Waals surface area contributed by atoms with Crippen molar-refractivity contribution >= 4 is 11.9 Å². The molecule has 0 aliphatic carbocycles. The normalized spacial score (nSPS) is 11.8. The Morgan fingerprint density at radius 1 is 1.08 bits per heavy atom. The molecule has 0 radical (unpaired) electrons. The summed E-state index contributed by atoms with van der Waals surface area (Å²) in [5.41, 5.74) is 1.22. The number of benzene rings is 1. The summed E-state index contributed by atoms with van der Waals surface area (Å²) in [7, 11) is 0. The van der Waals surface area contributed by atoms with Crippen molar-refractivity contribution in [2.45, 2.75) is 26.3 Å². The van der Waals surface area contributed by atoms with Gasteiger partial charge in [0.05, 0.1) is 6.04 Å². The molecule has 0 aliphatic rings. The van der Waals surface area contributed by atoms with Gasteiger partial charge >= 0.3 is 5.97 Å². The second kappa shape index (κ2) is 8.82. The standard InChI is InChI=1S/C19H22N2O3/c1-14(2)12-17(15-8-4-3-5-9-15)21-18(22)13-24-19(23)16-10-6-7-11-20-16/h3-11,14,17H,12-13H2,1-2H3,(H,21,22)/t17-/m0/s1. The summed E-state index contributed by atoms with van der Waals surface area (Å²) in [6, 6.07) is 14.6. The largest absolute Gasteiger partial charge is 0.451 e. The first kappa shape index (κ1) is 17.7. The molecule has 0 saturated carbocycles. The van der Waals surface area contributed by atoms with Crippen molar-refractivity contribution in [1.82, 2.24) is 10.3 Å². The lowest BCUT2D eigenvalue weighted by Crippen LogP contribution is -2.33. The number of pyridine rings is 1. The third-order valence-electron chi connectivity index (χ3n) is 3.45. The summed E-state index contributed by atoms with van der Waals surface area (Å²) in [5.74, 6) is -0.508. The molecule has 1 N–H and O–H groups in total. The molecule has 0 fully saturated rings. The second-order valence-electron chi connectivity index (χ2n) is 5.95. The van der Waals surface area contributed by atoms with Gasteiger partial charge in [0.15, 0.2) is 6.61 Å². The van der Waals surface area contributed by atoms with Crippen LogP contribution >= 0.6 is 0 Å². The molecule has 1 amide bonds. The van der Waals surface area contributed by atoms with Gasteiger partial charge in [-0.3, -0.25) is 4.79 Å². The van der Waals surface area contributed by atoms with E-state index < -0.39 is 5.97 Å². The molecule has 2 rings (SSSR count). The molecular weight excluding hydrogens is 304 g/mol. The minimum Gasteiger partial charge on any atom is -0.451 e. The highest BCUT2D eigenvalue weighted by atomic mass is 16.5. The fourth-order valence-electron chi connectivity index (χ4n) is 2.36. The summed E-state index contributed by atoms with van der Waals surface area (Å²) >= 11 is 0. The lowest BCUT2D eigenvalue weighted by atomic mass is 9.97. The minimum atomic E-state index is -0.606. The van der Waals surface area contributed by atoms with E-state index >= 15 is 0 Å². The van der Waals surface area contributed by atoms with Gasteiger partial charge in [-0.2, -0.15) is 0 Å². The van der Waals surface area contributed by atoms with Crippen LogP contribution in [0.25, 0.3) is 0 Å². The first-order chi connectivity index (χ1) is 11.6. The van der Waals surface area contributed by atoms with Crippen molar-refractivity contribution in [2.24, 2.45) is 5.92 Å². The van der Waals surface area contributed by atoms with E-state index in [1.54, 1.807) is 18.2 Å². The Balaban J connectivity index is 1.92. The van der Waals surface area contributed by atoms with Gasteiger partial charge in [-0.1, -0.05) is 50.2 Å². The summed E-state index contributed by atoms with van der Waals surface area (Å²) in [6.45, 7) is 3.88. The predicted octanol–water partition coefficient (Wildman–Crippen LogP) is 3.14. The molecule has 0 bridgehead atoms. The summed E-state index contributed by atoms with van der Waals surface area (Å²) in [4.78, 5) is 27.9. The average molecular weight is 326 g/mol. The molecule has 1 aromatic carbocycles. The van der Waals surface area contributed by atoms with Gasteiger partial charge in [-0.05, 0) is 30.0 Å². The molecule has 1 heterocycles. The van der Waals surface area contributed by atoms with Crippen molar-refractivity contribution < 1.29 is 14.3 Å². The number of carbonyl (C=O) groups excluding carboxylic acids is 2. The predicted molar refractivity (Wildman–Crippen MR) is 91.3 cm³/mol. The van der Waals surface area contributed by atoms with Crippen LogP contribution in [0.5, 0.6) is 0 Å². The molecule has 0 unspecified atom stereocenters. The van der Waals surface area contributed by atoms with E-state index in [-0.39, 0.29) is 24.2 Å². The highest BCUT2D eigenvalue weighted by Crippen LogP contribution is 2.20. The second-order valence-corrected chi connectivity index (χ2v) is 5.95. The van der Waals surface area contributed by atoms with Gasteiger partial charge in [0, 0.05) is 6.20 Å². The van der Waals surface area contributed by atoms with Crippen LogP contribution in [0.3, 0.4) is 0 Å². The van der Waals surface area contributed by atoms with Gasteiger partial charge in [-0.15, -0.1) is 0 Å². The first-order valence-corrected chi connectivity index (χ1v) is 7.98. The zero-order chi connectivity index (χ0) is 17.4. The quantitative estimate of drug-likeness (QED) is 0.794. The number of nitrogens with zero attached hydrogens (tertiary/aromatic N) is 1. The van der Waals surface area contributed by atoms with Crippen LogP contribution in [0.2, 0.25) is 0 Å². The van der Waals surface area contributed by atoms with Crippen molar-refractivity contribution in [3.8, 4) is 0 Å². The van der Waals surface area contributed by atoms with E-state index in [1.807, 2.05) is 30.3 Å². The minimum absolute atomic E-state index is 0.104. The van der Waals surface area contributed by atoms with Crippen LogP contribution in [0.4, 0.5) is 0 Å². The van der Waals surface area contributed by atoms with Crippen LogP contribution in [-0.4, -0.2) is 23.5 Å². The van der Waals surface area contributed by atoms with Crippen LogP contribution in [0.1, 0.15) is 42.4 Å². The fourth-order valence-corrected chi connectivity index (χ4v) is 2.36. The van der Waals surface area contributed by atoms with Gasteiger partial charge in [-0.25, -0.2) is 9.78 Å². The van der Waals surface area contributed by atoms with E-state index in [4.69, 9.17) is 4.74 Å². The van der Waals surface area contributed by atoms with Crippen molar-refractivity contribution in [3.05, 3.63) is 66.0 Å². The number of nitrogens with one attached hydrogen (secondary N) is 1. The molecule has 1 atom stereocenters. The number of carbonyl (C=O) groups is 2. The van der Waals surface area contributed by atoms with Gasteiger partial charge in [0.25, 0.3) is 5.91 Å². The Bertz CT molecular complexity index is 657. The maximum Gasteiger partial charge on any atom is 0.357 e. The number of ether oxygens (including phenoxy) is 1. The van der Waals surface area contributed by atoms with Gasteiger partial charge in [0.2, 0.25) is 0 Å². The molecule has 0 saturated heterocycles. The van der Waals surface area contributed by atoms with Crippen LogP contribution in [0, 0.1) is 5.92 Å². The molecule has 5 nitrogen and oxygen atoms in total. The Labute approximate surface area is 142 Å². The Morgan fingerprint density at radius 3 is 2.42 bits per heavy atom. The number of esters is 1. The van der Waals surface area contributed by atoms with Crippen molar-refractivity contribution in [2.75, 3.05) is 6.61 Å². The molecule has 126 valence electrons. The summed E-state index contributed by atoms with van der Waals surface area (Å²) in [5, 5.41) is 2.93. The Kier molecular flexibility index (Phi) is 6.49. The van der Waals surface area contributed by atoms with E-state index in [0.29, 0.717) is 5.92 Å². The smallest absolute Gasteiger partial charge is 0.357 e. The molecule has 2 aromatic rings. The van der Waals surface area contributed by atoms with E-state index in [0.717, 1.165) is 12.0 Å². The van der Waals surface area contributed by atoms with Gasteiger partial charge in [0.1, 0.15) is 5.69 Å².